The fourth-order valence-corrected chi connectivity index (χ4v) is 0. The van der Waals surface area contributed by atoms with Crippen molar-refractivity contribution in [3.8, 4) is 0 Å². The van der Waals surface area contributed by atoms with Gasteiger partial charge in [0.1, 0.15) is 0 Å². The van der Waals surface area contributed by atoms with E-state index in [4.69, 9.17) is 10.1 Å². The predicted octanol–water partition coefficient (Wildman–Crippen LogP) is -1.26. The Hall–Kier alpha value is -0.242. The van der Waals surface area contributed by atoms with Crippen molar-refractivity contribution in [2.24, 2.45) is 0 Å². The summed E-state index contributed by atoms with van der Waals surface area (Å²) in [6.07, 6.45) is 0. The van der Waals surface area contributed by atoms with E-state index in [0.29, 0.717) is 17.2 Å². The van der Waals surface area contributed by atoms with Crippen LogP contribution >= 0.6 is 0 Å². The van der Waals surface area contributed by atoms with Crippen LogP contribution in [0, 0.1) is 10.1 Å². The number of hydrogen-bond acceptors (Lipinski definition) is 3. The molecule has 0 spiro atoms. The van der Waals surface area contributed by atoms with Crippen molar-refractivity contribution in [3.63, 3.8) is 0 Å². The van der Waals surface area contributed by atoms with Gasteiger partial charge < -0.3 is 0 Å². The average molecular weight is 139 g/mol. The summed E-state index contributed by atoms with van der Waals surface area (Å²) in [6.45, 7) is 0. The molecule has 0 fully saturated rings. The number of rotatable bonds is 1. The third kappa shape index (κ3) is 3.76. The second kappa shape index (κ2) is 2.02. The van der Waals surface area contributed by atoms with Crippen LogP contribution in [0.2, 0.25) is 0 Å². The minimum atomic E-state index is -0.847. The van der Waals surface area contributed by atoms with Gasteiger partial charge in [0.05, 0.1) is 0 Å². The molecule has 0 aromatic carbocycles. The van der Waals surface area contributed by atoms with Gasteiger partial charge in [-0.3, -0.25) is 0 Å². The molecule has 0 aromatic heterocycles. The van der Waals surface area contributed by atoms with E-state index in [0.717, 1.165) is 0 Å². The average Bonchev–Trinajstić information content (AvgIpc) is 1.38. The van der Waals surface area contributed by atoms with Crippen LogP contribution in [0.5, 0.6) is 0 Å². The second-order valence-electron chi connectivity index (χ2n) is 0.329. The Bertz CT molecular complexity index is 42.2. The summed E-state index contributed by atoms with van der Waals surface area (Å²) in [5.74, 6) is 0. The first kappa shape index (κ1) is 4.76. The summed E-state index contributed by atoms with van der Waals surface area (Å²) < 4.78 is 3.53. The summed E-state index contributed by atoms with van der Waals surface area (Å²) in [7, 11) is 0. The van der Waals surface area contributed by atoms with E-state index < -0.39 is 5.09 Å². The molecular weight excluding hydrogens is 137 g/mol. The summed E-state index contributed by atoms with van der Waals surface area (Å²) in [4.78, 5) is 8.97. The number of nitrogens with zero attached hydrogens (tertiary/aromatic N) is 1. The summed E-state index contributed by atoms with van der Waals surface area (Å²) >= 11 is 0.628. The van der Waals surface area contributed by atoms with E-state index >= 15 is 0 Å². The first-order valence-corrected chi connectivity index (χ1v) is 1.77. The van der Waals surface area contributed by atoms with Crippen LogP contribution in [0.25, 0.3) is 0 Å². The van der Waals surface area contributed by atoms with Gasteiger partial charge >= 0.3 is 36.2 Å². The molecule has 1 unspecified atom stereocenters. The Morgan fingerprint density at radius 2 is 2.20 bits per heavy atom. The molecule has 0 radical (unpaired) electrons. The van der Waals surface area contributed by atoms with Gasteiger partial charge in [-0.25, -0.2) is 0 Å². The summed E-state index contributed by atoms with van der Waals surface area (Å²) in [5, 5.41) is 8.12. The molecule has 0 saturated carbocycles. The maximum atomic E-state index is 8.97. The molecule has 0 bridgehead atoms. The van der Waals surface area contributed by atoms with Crippen molar-refractivity contribution < 1.29 is 8.91 Å². The van der Waals surface area contributed by atoms with E-state index in [-0.39, 0.29) is 0 Å². The van der Waals surface area contributed by atoms with Gasteiger partial charge in [0.2, 0.25) is 0 Å². The molecule has 0 aliphatic carbocycles. The molecule has 4 nitrogen and oxygen atoms in total. The molecule has 5 heteroatoms. The van der Waals surface area contributed by atoms with Crippen molar-refractivity contribution >= 4 is 17.2 Å². The monoisotopic (exact) mass is 139 g/mol. The maximum absolute atomic E-state index is 8.97. The standard InChI is InChI=1S/AsH2NO3/c1-5-2(3)4/h1H2. The Balaban J connectivity index is 2.85. The van der Waals surface area contributed by atoms with Crippen molar-refractivity contribution in [1.82, 2.24) is 0 Å². The fourth-order valence-electron chi connectivity index (χ4n) is 0. The van der Waals surface area contributed by atoms with E-state index in [1.807, 2.05) is 0 Å². The van der Waals surface area contributed by atoms with E-state index in [9.17, 15) is 0 Å². The van der Waals surface area contributed by atoms with Crippen LogP contribution in [0.3, 0.4) is 0 Å². The first-order chi connectivity index (χ1) is 2.27. The molecule has 0 aliphatic heterocycles. The van der Waals surface area contributed by atoms with E-state index in [1.165, 1.54) is 0 Å². The zero-order valence-corrected chi connectivity index (χ0v) is 4.67. The van der Waals surface area contributed by atoms with Crippen LogP contribution in [0.1, 0.15) is 0 Å². The van der Waals surface area contributed by atoms with E-state index in [2.05, 4.69) is 3.83 Å². The van der Waals surface area contributed by atoms with Crippen molar-refractivity contribution in [2.45, 2.75) is 0 Å². The predicted molar refractivity (Wildman–Crippen MR) is 16.6 cm³/mol. The van der Waals surface area contributed by atoms with Crippen LogP contribution in [0.4, 0.5) is 0 Å². The molecule has 0 amide bonds. The minimum absolute atomic E-state index is 0.628. The van der Waals surface area contributed by atoms with Gasteiger partial charge in [-0.1, -0.05) is 0 Å². The third-order valence-corrected chi connectivity index (χ3v) is 0.447. The van der Waals surface area contributed by atoms with Gasteiger partial charge in [-0.05, 0) is 0 Å². The topological polar surface area (TPSA) is 52.4 Å². The molecule has 0 saturated heterocycles. The van der Waals surface area contributed by atoms with Gasteiger partial charge in [0.15, 0.2) is 0 Å². The summed E-state index contributed by atoms with van der Waals surface area (Å²) in [5.41, 5.74) is 0. The van der Waals surface area contributed by atoms with Crippen LogP contribution in [-0.4, -0.2) is 22.3 Å². The van der Waals surface area contributed by atoms with Crippen LogP contribution in [-0.2, 0) is 3.83 Å². The van der Waals surface area contributed by atoms with Crippen molar-refractivity contribution in [2.75, 3.05) is 0 Å². The molecule has 0 heterocycles. The molecule has 0 rings (SSSR count). The molecule has 0 aromatic rings. The zero-order chi connectivity index (χ0) is 4.28. The SMILES string of the molecule is O=[N+]([O-])O[AsH2]. The zero-order valence-electron chi connectivity index (χ0n) is 2.25. The Morgan fingerprint density at radius 3 is 2.20 bits per heavy atom. The number of hydrogen-bond donors (Lipinski definition) is 0. The van der Waals surface area contributed by atoms with Crippen molar-refractivity contribution in [1.29, 1.82) is 0 Å². The Morgan fingerprint density at radius 1 is 2.00 bits per heavy atom. The van der Waals surface area contributed by atoms with Crippen LogP contribution in [0.15, 0.2) is 0 Å². The first-order valence-electron chi connectivity index (χ1n) is 0.783. The Kier molecular flexibility index (Phi) is 1.93. The Labute approximate surface area is 37.1 Å². The molecular formula is H2AsNO3. The summed E-state index contributed by atoms with van der Waals surface area (Å²) in [6, 6.07) is 0. The van der Waals surface area contributed by atoms with Crippen LogP contribution < -0.4 is 0 Å². The van der Waals surface area contributed by atoms with Gasteiger partial charge in [0.25, 0.3) is 0 Å². The van der Waals surface area contributed by atoms with Gasteiger partial charge in [-0.15, -0.1) is 0 Å². The molecule has 0 aliphatic rings. The van der Waals surface area contributed by atoms with Gasteiger partial charge in [-0.2, -0.15) is 0 Å². The molecule has 5 heavy (non-hydrogen) atoms. The van der Waals surface area contributed by atoms with Crippen molar-refractivity contribution in [3.05, 3.63) is 10.1 Å². The second-order valence-corrected chi connectivity index (χ2v) is 0.771. The molecule has 0 N–H and O–H groups in total. The fraction of sp³-hybridized carbons (Fsp3) is 0. The van der Waals surface area contributed by atoms with Gasteiger partial charge in [0, 0.05) is 0 Å². The molecule has 1 atom stereocenters. The molecule has 30 valence electrons. The normalized spacial score (nSPS) is 6.60. The van der Waals surface area contributed by atoms with E-state index in [1.54, 1.807) is 0 Å². The quantitative estimate of drug-likeness (QED) is 0.259. The third-order valence-electron chi connectivity index (χ3n) is 0.0861.